The van der Waals surface area contributed by atoms with E-state index in [4.69, 9.17) is 4.74 Å². The topological polar surface area (TPSA) is 49.7 Å². The van der Waals surface area contributed by atoms with Crippen molar-refractivity contribution in [2.45, 2.75) is 32.5 Å². The van der Waals surface area contributed by atoms with Crippen molar-refractivity contribution in [3.8, 4) is 5.75 Å². The molecule has 0 aliphatic rings. The van der Waals surface area contributed by atoms with E-state index in [9.17, 15) is 10.2 Å². The van der Waals surface area contributed by atoms with E-state index in [-0.39, 0.29) is 6.61 Å². The Morgan fingerprint density at radius 1 is 1.44 bits per heavy atom. The van der Waals surface area contributed by atoms with Gasteiger partial charge in [0.2, 0.25) is 0 Å². The van der Waals surface area contributed by atoms with Gasteiger partial charge in [0.05, 0.1) is 11.7 Å². The molecule has 16 heavy (non-hydrogen) atoms. The molecule has 3 nitrogen and oxygen atoms in total. The summed E-state index contributed by atoms with van der Waals surface area (Å²) in [6, 6.07) is 5.43. The molecule has 1 aromatic carbocycles. The Labute approximate surface area is 104 Å². The third-order valence-electron chi connectivity index (χ3n) is 2.01. The van der Waals surface area contributed by atoms with Crippen molar-refractivity contribution in [2.24, 2.45) is 0 Å². The van der Waals surface area contributed by atoms with Crippen LogP contribution in [0.1, 0.15) is 32.4 Å². The van der Waals surface area contributed by atoms with Crippen molar-refractivity contribution in [3.05, 3.63) is 28.2 Å². The maximum Gasteiger partial charge on any atom is 0.126 e. The zero-order chi connectivity index (χ0) is 12.3. The van der Waals surface area contributed by atoms with E-state index in [0.29, 0.717) is 11.3 Å². The summed E-state index contributed by atoms with van der Waals surface area (Å²) < 4.78 is 6.38. The summed E-state index contributed by atoms with van der Waals surface area (Å²) in [5, 5.41) is 19.1. The van der Waals surface area contributed by atoms with Crippen LogP contribution < -0.4 is 4.74 Å². The number of ether oxygens (including phenoxy) is 1. The number of aliphatic hydroxyl groups excluding tert-OH is 1. The zero-order valence-corrected chi connectivity index (χ0v) is 11.3. The molecule has 0 heterocycles. The van der Waals surface area contributed by atoms with Crippen LogP contribution in [0.3, 0.4) is 0 Å². The van der Waals surface area contributed by atoms with Crippen molar-refractivity contribution < 1.29 is 14.9 Å². The highest BCUT2D eigenvalue weighted by atomic mass is 79.9. The zero-order valence-electron chi connectivity index (χ0n) is 9.70. The molecular weight excluding hydrogens is 272 g/mol. The van der Waals surface area contributed by atoms with E-state index in [0.717, 1.165) is 4.47 Å². The molecule has 90 valence electrons. The molecular formula is C12H17BrO3. The third kappa shape index (κ3) is 4.12. The molecule has 0 unspecified atom stereocenters. The highest BCUT2D eigenvalue weighted by Gasteiger charge is 2.16. The van der Waals surface area contributed by atoms with Crippen molar-refractivity contribution in [1.82, 2.24) is 0 Å². The lowest BCUT2D eigenvalue weighted by Crippen LogP contribution is -2.28. The summed E-state index contributed by atoms with van der Waals surface area (Å²) in [4.78, 5) is 0. The highest BCUT2D eigenvalue weighted by molar-refractivity contribution is 9.10. The first-order valence-corrected chi connectivity index (χ1v) is 5.91. The molecule has 0 saturated carbocycles. The van der Waals surface area contributed by atoms with Crippen molar-refractivity contribution in [1.29, 1.82) is 0 Å². The van der Waals surface area contributed by atoms with Crippen LogP contribution >= 0.6 is 15.9 Å². The smallest absolute Gasteiger partial charge is 0.126 e. The lowest BCUT2D eigenvalue weighted by atomic mass is 10.1. The Bertz CT molecular complexity index is 356. The van der Waals surface area contributed by atoms with Crippen LogP contribution in [0.4, 0.5) is 0 Å². The van der Waals surface area contributed by atoms with Gasteiger partial charge in [-0.15, -0.1) is 0 Å². The molecule has 0 aliphatic heterocycles. The second kappa shape index (κ2) is 5.17. The van der Waals surface area contributed by atoms with Crippen LogP contribution in [0.5, 0.6) is 5.75 Å². The monoisotopic (exact) mass is 288 g/mol. The van der Waals surface area contributed by atoms with E-state index >= 15 is 0 Å². The molecule has 0 aliphatic carbocycles. The lowest BCUT2D eigenvalue weighted by molar-refractivity contribution is 0.0272. The van der Waals surface area contributed by atoms with Gasteiger partial charge in [-0.1, -0.05) is 22.0 Å². The van der Waals surface area contributed by atoms with Crippen molar-refractivity contribution in [2.75, 3.05) is 6.61 Å². The van der Waals surface area contributed by atoms with Crippen LogP contribution in [0.25, 0.3) is 0 Å². The van der Waals surface area contributed by atoms with E-state index in [1.807, 2.05) is 6.07 Å². The van der Waals surface area contributed by atoms with Crippen molar-refractivity contribution >= 4 is 15.9 Å². The van der Waals surface area contributed by atoms with E-state index in [2.05, 4.69) is 15.9 Å². The van der Waals surface area contributed by atoms with Crippen LogP contribution in [0.2, 0.25) is 0 Å². The number of rotatable bonds is 4. The van der Waals surface area contributed by atoms with Gasteiger partial charge in [0.15, 0.2) is 0 Å². The molecule has 0 fully saturated rings. The van der Waals surface area contributed by atoms with Gasteiger partial charge in [0, 0.05) is 10.0 Å². The molecule has 0 bridgehead atoms. The quantitative estimate of drug-likeness (QED) is 0.896. The summed E-state index contributed by atoms with van der Waals surface area (Å²) in [7, 11) is 0. The Morgan fingerprint density at radius 3 is 2.56 bits per heavy atom. The fourth-order valence-corrected chi connectivity index (χ4v) is 1.57. The molecule has 1 atom stereocenters. The molecule has 0 radical (unpaired) electrons. The summed E-state index contributed by atoms with van der Waals surface area (Å²) in [6.45, 7) is 5.21. The normalized spacial score (nSPS) is 13.6. The molecule has 0 aromatic heterocycles. The maximum atomic E-state index is 9.58. The molecule has 0 spiro atoms. The lowest BCUT2D eigenvalue weighted by Gasteiger charge is -2.20. The van der Waals surface area contributed by atoms with Gasteiger partial charge in [0.1, 0.15) is 12.4 Å². The Hall–Kier alpha value is -0.580. The summed E-state index contributed by atoms with van der Waals surface area (Å²) in [5.41, 5.74) is -0.175. The van der Waals surface area contributed by atoms with Gasteiger partial charge in [0.25, 0.3) is 0 Å². The first-order chi connectivity index (χ1) is 7.29. The average Bonchev–Trinajstić information content (AvgIpc) is 2.13. The van der Waals surface area contributed by atoms with Crippen LogP contribution in [0, 0.1) is 0 Å². The first-order valence-electron chi connectivity index (χ1n) is 5.12. The number of hydrogen-bond acceptors (Lipinski definition) is 3. The molecule has 0 saturated heterocycles. The standard InChI is InChI=1S/C12H17BrO3/c1-8(14)10-5-4-9(13)6-11(10)16-7-12(2,3)15/h4-6,8,14-15H,7H2,1-3H3/t8-/m1/s1. The van der Waals surface area contributed by atoms with Gasteiger partial charge in [-0.25, -0.2) is 0 Å². The fraction of sp³-hybridized carbons (Fsp3) is 0.500. The Balaban J connectivity index is 2.88. The minimum Gasteiger partial charge on any atom is -0.490 e. The van der Waals surface area contributed by atoms with Gasteiger partial charge >= 0.3 is 0 Å². The first kappa shape index (κ1) is 13.5. The minimum atomic E-state index is -0.891. The minimum absolute atomic E-state index is 0.184. The Morgan fingerprint density at radius 2 is 2.06 bits per heavy atom. The van der Waals surface area contributed by atoms with Gasteiger partial charge < -0.3 is 14.9 Å². The third-order valence-corrected chi connectivity index (χ3v) is 2.50. The predicted molar refractivity (Wildman–Crippen MR) is 66.6 cm³/mol. The highest BCUT2D eigenvalue weighted by Crippen LogP contribution is 2.29. The van der Waals surface area contributed by atoms with E-state index in [1.54, 1.807) is 32.9 Å². The number of hydrogen-bond donors (Lipinski definition) is 2. The number of halogens is 1. The van der Waals surface area contributed by atoms with Crippen molar-refractivity contribution in [3.63, 3.8) is 0 Å². The van der Waals surface area contributed by atoms with Gasteiger partial charge in [-0.3, -0.25) is 0 Å². The fourth-order valence-electron chi connectivity index (χ4n) is 1.23. The second-order valence-corrected chi connectivity index (χ2v) is 5.37. The summed E-state index contributed by atoms with van der Waals surface area (Å²) in [5.74, 6) is 0.589. The molecule has 1 rings (SSSR count). The molecule has 4 heteroatoms. The van der Waals surface area contributed by atoms with E-state index < -0.39 is 11.7 Å². The predicted octanol–water partition coefficient (Wildman–Crippen LogP) is 2.65. The SMILES string of the molecule is C[C@@H](O)c1ccc(Br)cc1OCC(C)(C)O. The molecule has 0 amide bonds. The second-order valence-electron chi connectivity index (χ2n) is 4.46. The maximum absolute atomic E-state index is 9.58. The van der Waals surface area contributed by atoms with E-state index in [1.165, 1.54) is 0 Å². The van der Waals surface area contributed by atoms with Crippen LogP contribution in [-0.2, 0) is 0 Å². The van der Waals surface area contributed by atoms with Crippen LogP contribution in [0.15, 0.2) is 22.7 Å². The van der Waals surface area contributed by atoms with Gasteiger partial charge in [-0.2, -0.15) is 0 Å². The summed E-state index contributed by atoms with van der Waals surface area (Å²) >= 11 is 3.34. The molecule has 2 N–H and O–H groups in total. The average molecular weight is 289 g/mol. The molecule has 1 aromatic rings. The summed E-state index contributed by atoms with van der Waals surface area (Å²) in [6.07, 6.45) is -0.593. The number of benzene rings is 1. The van der Waals surface area contributed by atoms with Crippen LogP contribution in [-0.4, -0.2) is 22.4 Å². The Kier molecular flexibility index (Phi) is 4.35. The number of aliphatic hydroxyl groups is 2. The largest absolute Gasteiger partial charge is 0.490 e. The van der Waals surface area contributed by atoms with Gasteiger partial charge in [-0.05, 0) is 32.9 Å².